The van der Waals surface area contributed by atoms with Gasteiger partial charge < -0.3 is 9.97 Å². The normalized spacial score (nSPS) is 11.8. The number of nitrogens with zero attached hydrogens (tertiary/aromatic N) is 1. The molecule has 0 aliphatic heterocycles. The molecule has 4 heteroatoms. The van der Waals surface area contributed by atoms with Gasteiger partial charge >= 0.3 is 0 Å². The van der Waals surface area contributed by atoms with Crippen LogP contribution < -0.4 is 5.56 Å². The highest BCUT2D eigenvalue weighted by Crippen LogP contribution is 2.23. The van der Waals surface area contributed by atoms with E-state index in [1.54, 1.807) is 0 Å². The third kappa shape index (κ3) is 1.53. The molecule has 0 radical (unpaired) electrons. The highest BCUT2D eigenvalue weighted by Gasteiger charge is 2.10. The molecule has 2 aromatic heterocycles. The number of imidazole rings is 1. The van der Waals surface area contributed by atoms with Gasteiger partial charge in [-0.15, -0.1) is 0 Å². The molecule has 1 aromatic carbocycles. The number of nitrogens with one attached hydrogen (secondary N) is 2. The zero-order valence-corrected chi connectivity index (χ0v) is 10.7. The van der Waals surface area contributed by atoms with Crippen LogP contribution in [0.15, 0.2) is 23.0 Å². The molecule has 18 heavy (non-hydrogen) atoms. The van der Waals surface area contributed by atoms with Gasteiger partial charge in [-0.1, -0.05) is 26.0 Å². The molecule has 0 fully saturated rings. The second kappa shape index (κ2) is 3.70. The van der Waals surface area contributed by atoms with Crippen molar-refractivity contribution in [2.45, 2.75) is 26.7 Å². The summed E-state index contributed by atoms with van der Waals surface area (Å²) in [6.45, 7) is 6.13. The lowest BCUT2D eigenvalue weighted by molar-refractivity contribution is 0.868. The number of rotatable bonds is 1. The number of fused-ring (bicyclic) bond motifs is 3. The second-order valence-electron chi connectivity index (χ2n) is 4.96. The van der Waals surface area contributed by atoms with Crippen LogP contribution in [0, 0.1) is 6.92 Å². The summed E-state index contributed by atoms with van der Waals surface area (Å²) in [5, 5.41) is 0.985. The van der Waals surface area contributed by atoms with E-state index in [1.807, 2.05) is 19.1 Å². The van der Waals surface area contributed by atoms with Gasteiger partial charge in [-0.05, 0) is 24.5 Å². The first kappa shape index (κ1) is 11.0. The van der Waals surface area contributed by atoms with E-state index in [9.17, 15) is 4.79 Å². The van der Waals surface area contributed by atoms with Gasteiger partial charge in [0.15, 0.2) is 0 Å². The largest absolute Gasteiger partial charge is 0.338 e. The van der Waals surface area contributed by atoms with E-state index in [4.69, 9.17) is 0 Å². The molecular weight excluding hydrogens is 226 g/mol. The maximum absolute atomic E-state index is 12.0. The Labute approximate surface area is 104 Å². The number of H-pyrrole nitrogens is 2. The summed E-state index contributed by atoms with van der Waals surface area (Å²) in [7, 11) is 0. The summed E-state index contributed by atoms with van der Waals surface area (Å²) in [4.78, 5) is 22.3. The maximum Gasteiger partial charge on any atom is 0.274 e. The first-order valence-corrected chi connectivity index (χ1v) is 6.08. The lowest BCUT2D eigenvalue weighted by atomic mass is 10.0. The molecule has 0 aliphatic carbocycles. The molecule has 0 bridgehead atoms. The Hall–Kier alpha value is -2.10. The van der Waals surface area contributed by atoms with Gasteiger partial charge in [0.05, 0.1) is 5.52 Å². The number of aromatic amines is 2. The highest BCUT2D eigenvalue weighted by atomic mass is 16.1. The Morgan fingerprint density at radius 2 is 2.00 bits per heavy atom. The number of pyridine rings is 1. The van der Waals surface area contributed by atoms with Crippen molar-refractivity contribution in [3.05, 3.63) is 39.9 Å². The molecule has 0 atom stereocenters. The van der Waals surface area contributed by atoms with E-state index in [1.165, 1.54) is 5.56 Å². The molecule has 3 aromatic rings. The minimum atomic E-state index is -0.112. The smallest absolute Gasteiger partial charge is 0.274 e. The molecule has 0 spiro atoms. The fourth-order valence-electron chi connectivity index (χ4n) is 2.27. The monoisotopic (exact) mass is 241 g/mol. The zero-order valence-electron chi connectivity index (χ0n) is 10.7. The highest BCUT2D eigenvalue weighted by molar-refractivity contribution is 6.01. The molecule has 3 rings (SSSR count). The quantitative estimate of drug-likeness (QED) is 0.688. The minimum Gasteiger partial charge on any atom is -0.338 e. The summed E-state index contributed by atoms with van der Waals surface area (Å²) in [6, 6.07) is 6.16. The average Bonchev–Trinajstić information content (AvgIpc) is 2.71. The third-order valence-corrected chi connectivity index (χ3v) is 3.26. The lowest BCUT2D eigenvalue weighted by Gasteiger charge is -2.06. The Morgan fingerprint density at radius 3 is 2.72 bits per heavy atom. The van der Waals surface area contributed by atoms with Crippen molar-refractivity contribution < 1.29 is 0 Å². The van der Waals surface area contributed by atoms with Crippen molar-refractivity contribution >= 4 is 21.9 Å². The Bertz CT molecular complexity index is 796. The van der Waals surface area contributed by atoms with Crippen molar-refractivity contribution in [3.63, 3.8) is 0 Å². The van der Waals surface area contributed by atoms with Crippen molar-refractivity contribution in [2.75, 3.05) is 0 Å². The topological polar surface area (TPSA) is 61.5 Å². The van der Waals surface area contributed by atoms with Crippen LogP contribution in [0.3, 0.4) is 0 Å². The van der Waals surface area contributed by atoms with E-state index in [0.717, 1.165) is 22.2 Å². The van der Waals surface area contributed by atoms with Gasteiger partial charge in [-0.25, -0.2) is 4.98 Å². The predicted octanol–water partition coefficient (Wildman–Crippen LogP) is 2.84. The molecule has 0 amide bonds. The number of aryl methyl sites for hydroxylation is 1. The van der Waals surface area contributed by atoms with Gasteiger partial charge in [0.2, 0.25) is 0 Å². The van der Waals surface area contributed by atoms with Gasteiger partial charge in [0.25, 0.3) is 5.56 Å². The zero-order chi connectivity index (χ0) is 12.9. The van der Waals surface area contributed by atoms with Crippen LogP contribution in [0.2, 0.25) is 0 Å². The summed E-state index contributed by atoms with van der Waals surface area (Å²) in [5.41, 5.74) is 3.26. The fraction of sp³-hybridized carbons (Fsp3) is 0.286. The van der Waals surface area contributed by atoms with Crippen molar-refractivity contribution in [1.29, 1.82) is 0 Å². The van der Waals surface area contributed by atoms with Gasteiger partial charge in [0.1, 0.15) is 16.9 Å². The van der Waals surface area contributed by atoms with Crippen LogP contribution in [-0.4, -0.2) is 15.0 Å². The Balaban J connectivity index is 2.45. The van der Waals surface area contributed by atoms with E-state index in [-0.39, 0.29) is 5.56 Å². The van der Waals surface area contributed by atoms with Crippen LogP contribution in [0.25, 0.3) is 21.9 Å². The van der Waals surface area contributed by atoms with Crippen LogP contribution in [0.4, 0.5) is 0 Å². The molecule has 0 aliphatic rings. The molecule has 4 nitrogen and oxygen atoms in total. The summed E-state index contributed by atoms with van der Waals surface area (Å²) >= 11 is 0. The van der Waals surface area contributed by atoms with E-state index < -0.39 is 0 Å². The molecule has 0 saturated carbocycles. The van der Waals surface area contributed by atoms with E-state index in [2.05, 4.69) is 34.9 Å². The molecule has 0 saturated heterocycles. The van der Waals surface area contributed by atoms with Crippen LogP contribution in [-0.2, 0) is 0 Å². The maximum atomic E-state index is 12.0. The lowest BCUT2D eigenvalue weighted by Crippen LogP contribution is -2.06. The van der Waals surface area contributed by atoms with Crippen molar-refractivity contribution in [2.24, 2.45) is 0 Å². The number of hydrogen-bond donors (Lipinski definition) is 2. The molecule has 2 N–H and O–H groups in total. The minimum absolute atomic E-state index is 0.112. The summed E-state index contributed by atoms with van der Waals surface area (Å²) in [6.07, 6.45) is 0. The third-order valence-electron chi connectivity index (χ3n) is 3.26. The number of hydrogen-bond acceptors (Lipinski definition) is 2. The van der Waals surface area contributed by atoms with E-state index in [0.29, 0.717) is 11.4 Å². The molecule has 0 unspecified atom stereocenters. The number of benzene rings is 1. The van der Waals surface area contributed by atoms with Crippen LogP contribution in [0.1, 0.15) is 31.2 Å². The first-order valence-electron chi connectivity index (χ1n) is 6.08. The predicted molar refractivity (Wildman–Crippen MR) is 73.0 cm³/mol. The second-order valence-corrected chi connectivity index (χ2v) is 4.96. The number of aromatic nitrogens is 3. The molecule has 2 heterocycles. The van der Waals surface area contributed by atoms with Crippen LogP contribution in [0.5, 0.6) is 0 Å². The van der Waals surface area contributed by atoms with Gasteiger partial charge in [-0.2, -0.15) is 0 Å². The average molecular weight is 241 g/mol. The molecule has 92 valence electrons. The standard InChI is InChI=1S/C14H15N3O/c1-7(2)9-4-5-10-11(6-9)17-14(18)13-12(10)15-8(3)16-13/h4-7H,1-3H3,(H,15,16)(H,17,18). The van der Waals surface area contributed by atoms with Crippen molar-refractivity contribution in [1.82, 2.24) is 15.0 Å². The molecular formula is C14H15N3O. The van der Waals surface area contributed by atoms with Crippen molar-refractivity contribution in [3.8, 4) is 0 Å². The van der Waals surface area contributed by atoms with E-state index >= 15 is 0 Å². The summed E-state index contributed by atoms with van der Waals surface area (Å²) in [5.74, 6) is 1.20. The fourth-order valence-corrected chi connectivity index (χ4v) is 2.27. The Morgan fingerprint density at radius 1 is 1.22 bits per heavy atom. The van der Waals surface area contributed by atoms with Gasteiger partial charge in [-0.3, -0.25) is 4.79 Å². The summed E-state index contributed by atoms with van der Waals surface area (Å²) < 4.78 is 0. The van der Waals surface area contributed by atoms with Gasteiger partial charge in [0, 0.05) is 5.39 Å². The first-order chi connectivity index (χ1) is 8.56. The SMILES string of the molecule is Cc1nc2c([nH]1)c(=O)[nH]c1cc(C(C)C)ccc12. The van der Waals surface area contributed by atoms with Crippen LogP contribution >= 0.6 is 0 Å². The Kier molecular flexibility index (Phi) is 2.26.